The lowest BCUT2D eigenvalue weighted by molar-refractivity contribution is -0.136. The van der Waals surface area contributed by atoms with Crippen LogP contribution in [0.3, 0.4) is 0 Å². The highest BCUT2D eigenvalue weighted by molar-refractivity contribution is 5.59. The maximum atomic E-state index is 13.0. The van der Waals surface area contributed by atoms with E-state index < -0.39 is 11.7 Å². The maximum Gasteiger partial charge on any atom is 0.418 e. The summed E-state index contributed by atoms with van der Waals surface area (Å²) in [4.78, 5) is 4.53. The first kappa shape index (κ1) is 14.5. The maximum absolute atomic E-state index is 13.0. The largest absolute Gasteiger partial charge is 0.418 e. The molecule has 2 saturated heterocycles. The van der Waals surface area contributed by atoms with E-state index in [9.17, 15) is 13.2 Å². The molecule has 2 fully saturated rings. The summed E-state index contributed by atoms with van der Waals surface area (Å²) in [6.07, 6.45) is -1.08. The van der Waals surface area contributed by atoms with Crippen LogP contribution in [-0.4, -0.2) is 37.1 Å². The van der Waals surface area contributed by atoms with E-state index in [0.29, 0.717) is 11.7 Å². The zero-order valence-electron chi connectivity index (χ0n) is 11.9. The molecular formula is C15H20F3N3. The molecule has 21 heavy (non-hydrogen) atoms. The van der Waals surface area contributed by atoms with E-state index in [-0.39, 0.29) is 5.69 Å². The minimum Gasteiger partial charge on any atom is -0.398 e. The summed E-state index contributed by atoms with van der Waals surface area (Å²) in [6.45, 7) is 3.77. The SMILES string of the molecule is Nc1ccc(N2CCCN3CCCC3C2)cc1C(F)(F)F. The van der Waals surface area contributed by atoms with Gasteiger partial charge in [0.2, 0.25) is 0 Å². The first-order valence-corrected chi connectivity index (χ1v) is 7.41. The lowest BCUT2D eigenvalue weighted by Crippen LogP contribution is -2.36. The van der Waals surface area contributed by atoms with Crippen LogP contribution in [0.2, 0.25) is 0 Å². The minimum atomic E-state index is -4.40. The van der Waals surface area contributed by atoms with Crippen molar-refractivity contribution in [3.8, 4) is 0 Å². The quantitative estimate of drug-likeness (QED) is 0.809. The number of benzene rings is 1. The van der Waals surface area contributed by atoms with Crippen molar-refractivity contribution in [3.63, 3.8) is 0 Å². The van der Waals surface area contributed by atoms with Crippen molar-refractivity contribution in [1.29, 1.82) is 0 Å². The number of alkyl halides is 3. The molecule has 0 aromatic heterocycles. The molecule has 0 saturated carbocycles. The fourth-order valence-corrected chi connectivity index (χ4v) is 3.43. The average molecular weight is 299 g/mol. The van der Waals surface area contributed by atoms with Crippen LogP contribution in [0.1, 0.15) is 24.8 Å². The first-order chi connectivity index (χ1) is 9.95. The van der Waals surface area contributed by atoms with Crippen molar-refractivity contribution < 1.29 is 13.2 Å². The van der Waals surface area contributed by atoms with E-state index in [0.717, 1.165) is 39.0 Å². The van der Waals surface area contributed by atoms with Gasteiger partial charge in [-0.05, 0) is 44.0 Å². The number of nitrogens with zero attached hydrogens (tertiary/aromatic N) is 2. The van der Waals surface area contributed by atoms with Gasteiger partial charge in [-0.2, -0.15) is 13.2 Å². The lowest BCUT2D eigenvalue weighted by Gasteiger charge is -2.28. The monoisotopic (exact) mass is 299 g/mol. The fraction of sp³-hybridized carbons (Fsp3) is 0.600. The molecular weight excluding hydrogens is 279 g/mol. The van der Waals surface area contributed by atoms with Crippen LogP contribution in [0, 0.1) is 0 Å². The summed E-state index contributed by atoms with van der Waals surface area (Å²) in [7, 11) is 0. The molecule has 0 spiro atoms. The summed E-state index contributed by atoms with van der Waals surface area (Å²) in [5.41, 5.74) is 5.17. The number of nitrogens with two attached hydrogens (primary N) is 1. The molecule has 0 radical (unpaired) electrons. The Bertz CT molecular complexity index is 515. The van der Waals surface area contributed by atoms with Crippen molar-refractivity contribution in [2.24, 2.45) is 0 Å². The van der Waals surface area contributed by atoms with Gasteiger partial charge in [0.1, 0.15) is 0 Å². The van der Waals surface area contributed by atoms with Gasteiger partial charge in [-0.1, -0.05) is 0 Å². The average Bonchev–Trinajstić information content (AvgIpc) is 2.75. The van der Waals surface area contributed by atoms with Crippen LogP contribution in [0.25, 0.3) is 0 Å². The van der Waals surface area contributed by atoms with Crippen LogP contribution >= 0.6 is 0 Å². The Kier molecular flexibility index (Phi) is 3.73. The summed E-state index contributed by atoms with van der Waals surface area (Å²) in [5, 5.41) is 0. The predicted molar refractivity (Wildman–Crippen MR) is 77.3 cm³/mol. The highest BCUT2D eigenvalue weighted by atomic mass is 19.4. The summed E-state index contributed by atoms with van der Waals surface area (Å²) in [5.74, 6) is 0. The molecule has 0 bridgehead atoms. The first-order valence-electron chi connectivity index (χ1n) is 7.41. The van der Waals surface area contributed by atoms with Crippen LogP contribution in [0.5, 0.6) is 0 Å². The molecule has 2 aliphatic heterocycles. The number of anilines is 2. The van der Waals surface area contributed by atoms with Gasteiger partial charge in [-0.15, -0.1) is 0 Å². The highest BCUT2D eigenvalue weighted by Crippen LogP contribution is 2.36. The summed E-state index contributed by atoms with van der Waals surface area (Å²) >= 11 is 0. The normalized spacial score (nSPS) is 24.0. The van der Waals surface area contributed by atoms with Crippen LogP contribution in [0.4, 0.5) is 24.5 Å². The Morgan fingerprint density at radius 1 is 1.10 bits per heavy atom. The third kappa shape index (κ3) is 2.95. The zero-order chi connectivity index (χ0) is 15.0. The van der Waals surface area contributed by atoms with Crippen LogP contribution in [-0.2, 0) is 6.18 Å². The van der Waals surface area contributed by atoms with Gasteiger partial charge in [0, 0.05) is 37.1 Å². The molecule has 2 heterocycles. The number of fused-ring (bicyclic) bond motifs is 1. The molecule has 0 amide bonds. The Hall–Kier alpha value is -1.43. The summed E-state index contributed by atoms with van der Waals surface area (Å²) < 4.78 is 39.0. The van der Waals surface area contributed by atoms with Gasteiger partial charge in [-0.3, -0.25) is 4.90 Å². The molecule has 6 heteroatoms. The molecule has 116 valence electrons. The number of nitrogen functional groups attached to an aromatic ring is 1. The van der Waals surface area contributed by atoms with E-state index in [2.05, 4.69) is 9.80 Å². The van der Waals surface area contributed by atoms with Gasteiger partial charge >= 0.3 is 6.18 Å². The van der Waals surface area contributed by atoms with E-state index >= 15 is 0 Å². The second kappa shape index (κ2) is 5.40. The molecule has 2 aliphatic rings. The van der Waals surface area contributed by atoms with Crippen molar-refractivity contribution in [2.75, 3.05) is 36.8 Å². The fourth-order valence-electron chi connectivity index (χ4n) is 3.43. The number of hydrogen-bond donors (Lipinski definition) is 1. The van der Waals surface area contributed by atoms with E-state index in [1.165, 1.54) is 18.6 Å². The van der Waals surface area contributed by atoms with Gasteiger partial charge in [0.25, 0.3) is 0 Å². The standard InChI is InChI=1S/C15H20F3N3/c16-15(17,18)13-9-11(4-5-14(13)19)21-8-2-7-20-6-1-3-12(20)10-21/h4-5,9,12H,1-3,6-8,10,19H2. The number of halogens is 3. The molecule has 1 unspecified atom stereocenters. The second-order valence-electron chi connectivity index (χ2n) is 5.90. The number of rotatable bonds is 1. The van der Waals surface area contributed by atoms with Crippen molar-refractivity contribution in [3.05, 3.63) is 23.8 Å². The molecule has 1 atom stereocenters. The number of hydrogen-bond acceptors (Lipinski definition) is 3. The lowest BCUT2D eigenvalue weighted by atomic mass is 10.1. The van der Waals surface area contributed by atoms with Crippen LogP contribution in [0.15, 0.2) is 18.2 Å². The highest BCUT2D eigenvalue weighted by Gasteiger charge is 2.34. The Morgan fingerprint density at radius 2 is 1.86 bits per heavy atom. The molecule has 3 nitrogen and oxygen atoms in total. The van der Waals surface area contributed by atoms with Gasteiger partial charge < -0.3 is 10.6 Å². The van der Waals surface area contributed by atoms with Crippen molar-refractivity contribution in [2.45, 2.75) is 31.5 Å². The van der Waals surface area contributed by atoms with Crippen LogP contribution < -0.4 is 10.6 Å². The third-order valence-corrected chi connectivity index (χ3v) is 4.51. The Morgan fingerprint density at radius 3 is 2.62 bits per heavy atom. The molecule has 1 aromatic rings. The molecule has 3 rings (SSSR count). The van der Waals surface area contributed by atoms with Gasteiger partial charge in [0.05, 0.1) is 5.56 Å². The van der Waals surface area contributed by atoms with E-state index in [1.807, 2.05) is 0 Å². The van der Waals surface area contributed by atoms with Crippen molar-refractivity contribution >= 4 is 11.4 Å². The van der Waals surface area contributed by atoms with Crippen molar-refractivity contribution in [1.82, 2.24) is 4.90 Å². The van der Waals surface area contributed by atoms with E-state index in [1.54, 1.807) is 6.07 Å². The molecule has 2 N–H and O–H groups in total. The minimum absolute atomic E-state index is 0.205. The molecule has 0 aliphatic carbocycles. The van der Waals surface area contributed by atoms with E-state index in [4.69, 9.17) is 5.73 Å². The van der Waals surface area contributed by atoms with Gasteiger partial charge in [-0.25, -0.2) is 0 Å². The Balaban J connectivity index is 1.86. The Labute approximate surface area is 122 Å². The second-order valence-corrected chi connectivity index (χ2v) is 5.90. The topological polar surface area (TPSA) is 32.5 Å². The van der Waals surface area contributed by atoms with Gasteiger partial charge in [0.15, 0.2) is 0 Å². The molecule has 1 aromatic carbocycles. The third-order valence-electron chi connectivity index (χ3n) is 4.51. The summed E-state index contributed by atoms with van der Waals surface area (Å²) in [6, 6.07) is 4.74. The predicted octanol–water partition coefficient (Wildman–Crippen LogP) is 2.96. The zero-order valence-corrected chi connectivity index (χ0v) is 11.9. The smallest absolute Gasteiger partial charge is 0.398 e.